The Hall–Kier alpha value is -0.510. The van der Waals surface area contributed by atoms with Gasteiger partial charge in [0.25, 0.3) is 6.43 Å². The van der Waals surface area contributed by atoms with E-state index in [1.807, 2.05) is 6.92 Å². The van der Waals surface area contributed by atoms with Crippen LogP contribution in [0.5, 0.6) is 0 Å². The third kappa shape index (κ3) is 2.24. The van der Waals surface area contributed by atoms with Gasteiger partial charge in [-0.05, 0) is 18.6 Å². The average molecular weight is 236 g/mol. The molecule has 0 saturated carbocycles. The first-order valence-electron chi connectivity index (χ1n) is 3.58. The van der Waals surface area contributed by atoms with Gasteiger partial charge < -0.3 is 0 Å². The van der Waals surface area contributed by atoms with E-state index >= 15 is 0 Å². The van der Waals surface area contributed by atoms with Crippen molar-refractivity contribution >= 4 is 15.9 Å². The van der Waals surface area contributed by atoms with Crippen molar-refractivity contribution in [3.8, 4) is 0 Å². The molecule has 1 aromatic heterocycles. The van der Waals surface area contributed by atoms with Gasteiger partial charge in [0.1, 0.15) is 5.69 Å². The highest BCUT2D eigenvalue weighted by Crippen LogP contribution is 2.21. The van der Waals surface area contributed by atoms with Crippen LogP contribution >= 0.6 is 15.9 Å². The van der Waals surface area contributed by atoms with Crippen LogP contribution in [0.15, 0.2) is 16.6 Å². The zero-order chi connectivity index (χ0) is 9.14. The van der Waals surface area contributed by atoms with Gasteiger partial charge in [-0.2, -0.15) is 0 Å². The van der Waals surface area contributed by atoms with Gasteiger partial charge in [0.2, 0.25) is 0 Å². The van der Waals surface area contributed by atoms with Gasteiger partial charge in [-0.3, -0.25) is 4.98 Å². The van der Waals surface area contributed by atoms with Crippen molar-refractivity contribution in [2.24, 2.45) is 0 Å². The average Bonchev–Trinajstić information content (AvgIpc) is 2.03. The van der Waals surface area contributed by atoms with Crippen molar-refractivity contribution < 1.29 is 8.78 Å². The van der Waals surface area contributed by atoms with E-state index in [1.54, 1.807) is 6.07 Å². The fraction of sp³-hybridized carbons (Fsp3) is 0.375. The summed E-state index contributed by atoms with van der Waals surface area (Å²) in [4.78, 5) is 3.77. The molecule has 1 rings (SSSR count). The summed E-state index contributed by atoms with van der Waals surface area (Å²) in [5.41, 5.74) is 0.515. The Morgan fingerprint density at radius 1 is 1.50 bits per heavy atom. The summed E-state index contributed by atoms with van der Waals surface area (Å²) >= 11 is 3.15. The molecule has 0 aliphatic carbocycles. The third-order valence-corrected chi connectivity index (χ3v) is 1.91. The molecule has 1 nitrogen and oxygen atoms in total. The number of rotatable bonds is 2. The zero-order valence-corrected chi connectivity index (χ0v) is 8.11. The van der Waals surface area contributed by atoms with Gasteiger partial charge in [0.05, 0.1) is 0 Å². The summed E-state index contributed by atoms with van der Waals surface area (Å²) in [7, 11) is 0. The molecule has 4 heteroatoms. The summed E-state index contributed by atoms with van der Waals surface area (Å²) in [5.74, 6) is 0. The van der Waals surface area contributed by atoms with Crippen LogP contribution in [0.25, 0.3) is 0 Å². The molecule has 0 spiro atoms. The highest BCUT2D eigenvalue weighted by Gasteiger charge is 2.09. The summed E-state index contributed by atoms with van der Waals surface area (Å²) in [6, 6.07) is 3.08. The summed E-state index contributed by atoms with van der Waals surface area (Å²) in [6.45, 7) is 1.88. The molecule has 0 N–H and O–H groups in total. The predicted molar refractivity (Wildman–Crippen MR) is 46.3 cm³/mol. The van der Waals surface area contributed by atoms with Crippen LogP contribution < -0.4 is 0 Å². The van der Waals surface area contributed by atoms with Gasteiger partial charge in [-0.25, -0.2) is 8.78 Å². The van der Waals surface area contributed by atoms with E-state index in [1.165, 1.54) is 6.07 Å². The Kier molecular flexibility index (Phi) is 3.14. The van der Waals surface area contributed by atoms with Crippen LogP contribution in [-0.4, -0.2) is 4.98 Å². The molecule has 0 atom stereocenters. The molecule has 0 aliphatic rings. The van der Waals surface area contributed by atoms with Crippen LogP contribution in [0.1, 0.15) is 24.7 Å². The quantitative estimate of drug-likeness (QED) is 0.767. The molecule has 0 radical (unpaired) electrons. The maximum absolute atomic E-state index is 12.2. The van der Waals surface area contributed by atoms with Crippen molar-refractivity contribution in [3.05, 3.63) is 28.0 Å². The van der Waals surface area contributed by atoms with Crippen LogP contribution in [0.2, 0.25) is 0 Å². The predicted octanol–water partition coefficient (Wildman–Crippen LogP) is 3.34. The van der Waals surface area contributed by atoms with E-state index in [-0.39, 0.29) is 5.69 Å². The Labute approximate surface area is 77.9 Å². The molecule has 0 bridgehead atoms. The molecule has 1 aromatic rings. The second kappa shape index (κ2) is 3.94. The van der Waals surface area contributed by atoms with Crippen molar-refractivity contribution in [2.45, 2.75) is 19.8 Å². The summed E-state index contributed by atoms with van der Waals surface area (Å²) in [5, 5.41) is 0. The minimum atomic E-state index is -2.49. The standard InChI is InChI=1S/C8H8BrF2N/c1-2-6-3-5(9)4-7(12-6)8(10)11/h3-4,8H,2H2,1H3. The molecule has 0 aromatic carbocycles. The maximum Gasteiger partial charge on any atom is 0.280 e. The number of pyridine rings is 1. The van der Waals surface area contributed by atoms with Crippen molar-refractivity contribution in [1.82, 2.24) is 4.98 Å². The fourth-order valence-corrected chi connectivity index (χ4v) is 1.36. The Morgan fingerprint density at radius 2 is 2.17 bits per heavy atom. The molecule has 0 aliphatic heterocycles. The van der Waals surface area contributed by atoms with Crippen LogP contribution in [0.4, 0.5) is 8.78 Å². The van der Waals surface area contributed by atoms with Gasteiger partial charge in [-0.15, -0.1) is 0 Å². The molecule has 0 fully saturated rings. The van der Waals surface area contributed by atoms with Gasteiger partial charge in [-0.1, -0.05) is 22.9 Å². The maximum atomic E-state index is 12.2. The lowest BCUT2D eigenvalue weighted by Gasteiger charge is -2.02. The van der Waals surface area contributed by atoms with Gasteiger partial charge in [0.15, 0.2) is 0 Å². The molecule has 12 heavy (non-hydrogen) atoms. The Balaban J connectivity index is 3.06. The van der Waals surface area contributed by atoms with Crippen molar-refractivity contribution in [3.63, 3.8) is 0 Å². The molecular weight excluding hydrogens is 228 g/mol. The van der Waals surface area contributed by atoms with E-state index in [0.29, 0.717) is 16.6 Å². The first kappa shape index (κ1) is 9.58. The zero-order valence-electron chi connectivity index (χ0n) is 6.52. The number of halogens is 3. The second-order valence-electron chi connectivity index (χ2n) is 2.36. The largest absolute Gasteiger partial charge is 0.280 e. The van der Waals surface area contributed by atoms with Crippen LogP contribution in [-0.2, 0) is 6.42 Å². The topological polar surface area (TPSA) is 12.9 Å². The minimum Gasteiger partial charge on any atom is -0.252 e. The monoisotopic (exact) mass is 235 g/mol. The molecule has 0 amide bonds. The van der Waals surface area contributed by atoms with E-state index in [9.17, 15) is 8.78 Å². The molecule has 1 heterocycles. The van der Waals surface area contributed by atoms with E-state index in [2.05, 4.69) is 20.9 Å². The van der Waals surface area contributed by atoms with Gasteiger partial charge >= 0.3 is 0 Å². The lowest BCUT2D eigenvalue weighted by Crippen LogP contribution is -1.94. The lowest BCUT2D eigenvalue weighted by molar-refractivity contribution is 0.145. The molecule has 66 valence electrons. The molecule has 0 unspecified atom stereocenters. The second-order valence-corrected chi connectivity index (χ2v) is 3.27. The van der Waals surface area contributed by atoms with Crippen LogP contribution in [0.3, 0.4) is 0 Å². The normalized spacial score (nSPS) is 10.8. The molecular formula is C8H8BrF2N. The fourth-order valence-electron chi connectivity index (χ4n) is 0.865. The number of aryl methyl sites for hydroxylation is 1. The lowest BCUT2D eigenvalue weighted by atomic mass is 10.2. The number of alkyl halides is 2. The van der Waals surface area contributed by atoms with Crippen molar-refractivity contribution in [2.75, 3.05) is 0 Å². The van der Waals surface area contributed by atoms with E-state index in [0.717, 1.165) is 0 Å². The first-order valence-corrected chi connectivity index (χ1v) is 4.37. The smallest absolute Gasteiger partial charge is 0.252 e. The van der Waals surface area contributed by atoms with E-state index in [4.69, 9.17) is 0 Å². The number of aromatic nitrogens is 1. The minimum absolute atomic E-state index is 0.166. The summed E-state index contributed by atoms with van der Waals surface area (Å²) in [6.07, 6.45) is -1.83. The van der Waals surface area contributed by atoms with Crippen molar-refractivity contribution in [1.29, 1.82) is 0 Å². The van der Waals surface area contributed by atoms with Crippen LogP contribution in [0, 0.1) is 0 Å². The highest BCUT2D eigenvalue weighted by atomic mass is 79.9. The summed E-state index contributed by atoms with van der Waals surface area (Å²) < 4.78 is 25.0. The van der Waals surface area contributed by atoms with Gasteiger partial charge in [0, 0.05) is 10.2 Å². The third-order valence-electron chi connectivity index (χ3n) is 1.45. The van der Waals surface area contributed by atoms with E-state index < -0.39 is 6.43 Å². The Bertz CT molecular complexity index is 276. The Morgan fingerprint density at radius 3 is 2.67 bits per heavy atom. The highest BCUT2D eigenvalue weighted by molar-refractivity contribution is 9.10. The number of hydrogen-bond donors (Lipinski definition) is 0. The molecule has 0 saturated heterocycles. The SMILES string of the molecule is CCc1cc(Br)cc(C(F)F)n1. The first-order chi connectivity index (χ1) is 5.63. The number of hydrogen-bond acceptors (Lipinski definition) is 1. The number of nitrogens with zero attached hydrogens (tertiary/aromatic N) is 1.